The molecule has 1 heteroatoms. The van der Waals surface area contributed by atoms with Crippen molar-refractivity contribution in [3.63, 3.8) is 0 Å². The van der Waals surface area contributed by atoms with Gasteiger partial charge in [-0.15, -0.1) is 0 Å². The first-order valence-electron chi connectivity index (χ1n) is 14.5. The molecule has 0 N–H and O–H groups in total. The van der Waals surface area contributed by atoms with E-state index < -0.39 is 0 Å². The highest BCUT2D eigenvalue weighted by molar-refractivity contribution is 5.37. The Bertz CT molecular complexity index is 723. The molecule has 2 fully saturated rings. The maximum Gasteiger partial charge on any atom is 0.127 e. The maximum atomic E-state index is 14.4. The first kappa shape index (κ1) is 26.3. The fourth-order valence-electron chi connectivity index (χ4n) is 6.30. The van der Waals surface area contributed by atoms with Crippen LogP contribution in [-0.2, 0) is 6.42 Å². The molecule has 0 aliphatic heterocycles. The van der Waals surface area contributed by atoms with Gasteiger partial charge in [-0.3, -0.25) is 0 Å². The molecule has 3 rings (SSSR count). The zero-order valence-electron chi connectivity index (χ0n) is 21.6. The van der Waals surface area contributed by atoms with Crippen molar-refractivity contribution in [2.24, 2.45) is 23.7 Å². The second-order valence-electron chi connectivity index (χ2n) is 11.1. The lowest BCUT2D eigenvalue weighted by Gasteiger charge is -2.37. The molecule has 2 saturated carbocycles. The van der Waals surface area contributed by atoms with Crippen molar-refractivity contribution in [1.82, 2.24) is 0 Å². The summed E-state index contributed by atoms with van der Waals surface area (Å²) >= 11 is 0. The fourth-order valence-corrected chi connectivity index (χ4v) is 6.30. The fraction of sp³-hybridized carbons (Fsp3) is 0.750. The second-order valence-corrected chi connectivity index (χ2v) is 11.1. The van der Waals surface area contributed by atoms with Crippen LogP contribution in [0.1, 0.15) is 134 Å². The number of halogens is 1. The second kappa shape index (κ2) is 14.9. The van der Waals surface area contributed by atoms with Gasteiger partial charge in [0.2, 0.25) is 0 Å². The minimum absolute atomic E-state index is 0.0711. The number of unbranched alkanes of at least 4 members (excludes halogenated alkanes) is 6. The monoisotopic (exact) mass is 452 g/mol. The van der Waals surface area contributed by atoms with Crippen molar-refractivity contribution in [3.8, 4) is 11.8 Å². The highest BCUT2D eigenvalue weighted by Gasteiger charge is 2.30. The predicted molar refractivity (Wildman–Crippen MR) is 141 cm³/mol. The normalized spacial score (nSPS) is 25.4. The quantitative estimate of drug-likeness (QED) is 0.231. The van der Waals surface area contributed by atoms with Gasteiger partial charge in [0, 0.05) is 11.5 Å². The molecule has 0 nitrogen and oxygen atoms in total. The molecule has 0 amide bonds. The highest BCUT2D eigenvalue weighted by atomic mass is 19.1. The Morgan fingerprint density at radius 2 is 1.39 bits per heavy atom. The molecular weight excluding hydrogens is 403 g/mol. The van der Waals surface area contributed by atoms with Crippen LogP contribution in [0, 0.1) is 41.3 Å². The van der Waals surface area contributed by atoms with E-state index in [4.69, 9.17) is 0 Å². The standard InChI is InChI=1S/C32H49F/c1-3-5-7-8-10-11-26-15-20-29(21-16-26)30-22-17-27(18-23-30)13-14-28-19-24-31(32(33)25-28)12-9-6-4-2/h19,24-27,29-30H,3-12,15-18,20-23H2,1-2H3/t26-,27?,29-,30?. The van der Waals surface area contributed by atoms with Crippen LogP contribution in [0.25, 0.3) is 0 Å². The Morgan fingerprint density at radius 3 is 2.06 bits per heavy atom. The van der Waals surface area contributed by atoms with E-state index in [9.17, 15) is 4.39 Å². The van der Waals surface area contributed by atoms with Crippen molar-refractivity contribution >= 4 is 0 Å². The molecular formula is C32H49F. The summed E-state index contributed by atoms with van der Waals surface area (Å²) < 4.78 is 14.4. The molecule has 1 aromatic rings. The third-order valence-electron chi connectivity index (χ3n) is 8.57. The van der Waals surface area contributed by atoms with Crippen molar-refractivity contribution in [3.05, 3.63) is 35.1 Å². The summed E-state index contributed by atoms with van der Waals surface area (Å²) in [7, 11) is 0. The summed E-state index contributed by atoms with van der Waals surface area (Å²) in [6.45, 7) is 4.49. The number of benzene rings is 1. The van der Waals surface area contributed by atoms with Crippen molar-refractivity contribution in [2.75, 3.05) is 0 Å². The van der Waals surface area contributed by atoms with Crippen molar-refractivity contribution in [1.29, 1.82) is 0 Å². The third-order valence-corrected chi connectivity index (χ3v) is 8.57. The summed E-state index contributed by atoms with van der Waals surface area (Å²) in [5.41, 5.74) is 1.70. The largest absolute Gasteiger partial charge is 0.207 e. The zero-order valence-corrected chi connectivity index (χ0v) is 21.6. The van der Waals surface area contributed by atoms with Gasteiger partial charge in [-0.05, 0) is 86.8 Å². The predicted octanol–water partition coefficient (Wildman–Crippen LogP) is 9.88. The topological polar surface area (TPSA) is 0 Å². The molecule has 0 bridgehead atoms. The van der Waals surface area contributed by atoms with Gasteiger partial charge in [0.15, 0.2) is 0 Å². The lowest BCUT2D eigenvalue weighted by molar-refractivity contribution is 0.153. The molecule has 0 unspecified atom stereocenters. The van der Waals surface area contributed by atoms with E-state index in [-0.39, 0.29) is 5.82 Å². The molecule has 0 heterocycles. The van der Waals surface area contributed by atoms with Crippen LogP contribution in [0.3, 0.4) is 0 Å². The van der Waals surface area contributed by atoms with Gasteiger partial charge in [0.1, 0.15) is 5.82 Å². The lowest BCUT2D eigenvalue weighted by Crippen LogP contribution is -2.25. The summed E-state index contributed by atoms with van der Waals surface area (Å²) in [6.07, 6.45) is 24.0. The molecule has 0 spiro atoms. The van der Waals surface area contributed by atoms with Crippen LogP contribution >= 0.6 is 0 Å². The van der Waals surface area contributed by atoms with E-state index in [1.165, 1.54) is 103 Å². The van der Waals surface area contributed by atoms with Crippen LogP contribution in [0.15, 0.2) is 18.2 Å². The van der Waals surface area contributed by atoms with Crippen LogP contribution in [0.2, 0.25) is 0 Å². The molecule has 2 aliphatic rings. The number of rotatable bonds is 11. The van der Waals surface area contributed by atoms with Gasteiger partial charge in [-0.25, -0.2) is 4.39 Å². The molecule has 1 aromatic carbocycles. The average Bonchev–Trinajstić information content (AvgIpc) is 2.85. The lowest BCUT2D eigenvalue weighted by atomic mass is 9.69. The van der Waals surface area contributed by atoms with Crippen LogP contribution in [-0.4, -0.2) is 0 Å². The Labute approximate surface area is 204 Å². The number of aryl methyl sites for hydroxylation is 1. The first-order chi connectivity index (χ1) is 16.2. The molecule has 0 radical (unpaired) electrons. The maximum absolute atomic E-state index is 14.4. The van der Waals surface area contributed by atoms with Gasteiger partial charge in [-0.2, -0.15) is 0 Å². The van der Waals surface area contributed by atoms with Gasteiger partial charge in [0.25, 0.3) is 0 Å². The Morgan fingerprint density at radius 1 is 0.758 bits per heavy atom. The minimum Gasteiger partial charge on any atom is -0.207 e. The number of hydrogen-bond acceptors (Lipinski definition) is 0. The van der Waals surface area contributed by atoms with Gasteiger partial charge >= 0.3 is 0 Å². The number of hydrogen-bond donors (Lipinski definition) is 0. The summed E-state index contributed by atoms with van der Waals surface area (Å²) in [5, 5.41) is 0. The third kappa shape index (κ3) is 9.11. The SMILES string of the molecule is CCCCCCC[C@H]1CC[C@H](C2CCC(C#Cc3ccc(CCCCC)c(F)c3)CC2)CC1. The van der Waals surface area contributed by atoms with E-state index in [2.05, 4.69) is 25.7 Å². The van der Waals surface area contributed by atoms with Crippen LogP contribution in [0.5, 0.6) is 0 Å². The summed E-state index contributed by atoms with van der Waals surface area (Å²) in [5.74, 6) is 10.1. The van der Waals surface area contributed by atoms with E-state index in [1.807, 2.05) is 12.1 Å². The molecule has 2 aliphatic carbocycles. The first-order valence-corrected chi connectivity index (χ1v) is 14.5. The van der Waals surface area contributed by atoms with E-state index in [1.54, 1.807) is 6.07 Å². The van der Waals surface area contributed by atoms with E-state index in [0.717, 1.165) is 41.7 Å². The summed E-state index contributed by atoms with van der Waals surface area (Å²) in [4.78, 5) is 0. The highest BCUT2D eigenvalue weighted by Crippen LogP contribution is 2.42. The Balaban J connectivity index is 1.35. The molecule has 0 saturated heterocycles. The summed E-state index contributed by atoms with van der Waals surface area (Å²) in [6, 6.07) is 5.63. The Hall–Kier alpha value is -1.29. The van der Waals surface area contributed by atoms with Crippen LogP contribution < -0.4 is 0 Å². The van der Waals surface area contributed by atoms with Gasteiger partial charge in [0.05, 0.1) is 0 Å². The smallest absolute Gasteiger partial charge is 0.127 e. The molecule has 33 heavy (non-hydrogen) atoms. The Kier molecular flexibility index (Phi) is 11.9. The van der Waals surface area contributed by atoms with Gasteiger partial charge in [-0.1, -0.05) is 96.0 Å². The van der Waals surface area contributed by atoms with Gasteiger partial charge < -0.3 is 0 Å². The average molecular weight is 453 g/mol. The van der Waals surface area contributed by atoms with Crippen LogP contribution in [0.4, 0.5) is 4.39 Å². The molecule has 0 atom stereocenters. The van der Waals surface area contributed by atoms with E-state index in [0.29, 0.717) is 5.92 Å². The van der Waals surface area contributed by atoms with Crippen molar-refractivity contribution in [2.45, 2.75) is 129 Å². The molecule has 0 aromatic heterocycles. The zero-order chi connectivity index (χ0) is 23.3. The molecule has 184 valence electrons. The van der Waals surface area contributed by atoms with E-state index >= 15 is 0 Å². The van der Waals surface area contributed by atoms with Crippen molar-refractivity contribution < 1.29 is 4.39 Å². The minimum atomic E-state index is -0.0711.